The van der Waals surface area contributed by atoms with Crippen molar-refractivity contribution in [1.82, 2.24) is 15.0 Å². The number of carbonyl (C=O) groups excluding carboxylic acids is 1. The Morgan fingerprint density at radius 3 is 2.63 bits per heavy atom. The molecule has 7 nitrogen and oxygen atoms in total. The zero-order chi connectivity index (χ0) is 19.0. The van der Waals surface area contributed by atoms with Crippen LogP contribution in [0.25, 0.3) is 0 Å². The lowest BCUT2D eigenvalue weighted by Gasteiger charge is -2.36. The van der Waals surface area contributed by atoms with Crippen LogP contribution in [0.3, 0.4) is 0 Å². The lowest BCUT2D eigenvalue weighted by atomic mass is 10.1. The maximum Gasteiger partial charge on any atom is 0.256 e. The van der Waals surface area contributed by atoms with Crippen molar-refractivity contribution in [3.05, 3.63) is 41.4 Å². The number of morpholine rings is 1. The Balaban J connectivity index is 1.49. The van der Waals surface area contributed by atoms with Gasteiger partial charge in [-0.15, -0.1) is 0 Å². The van der Waals surface area contributed by atoms with Crippen LogP contribution in [0.2, 0.25) is 0 Å². The highest BCUT2D eigenvalue weighted by molar-refractivity contribution is 5.94. The van der Waals surface area contributed by atoms with E-state index in [1.807, 2.05) is 30.0 Å². The fourth-order valence-corrected chi connectivity index (χ4v) is 4.08. The van der Waals surface area contributed by atoms with Crippen LogP contribution < -0.4 is 4.90 Å². The lowest BCUT2D eigenvalue weighted by Crippen LogP contribution is -2.45. The number of ether oxygens (including phenoxy) is 1. The molecule has 0 aromatic carbocycles. The van der Waals surface area contributed by atoms with Gasteiger partial charge in [0.1, 0.15) is 5.82 Å². The standard InChI is InChI=1S/C20H26N4O3/c1-13-9-18(27-22-13)17-5-4-8-24(17)20(25)16-6-7-19(21-10-16)23-11-14(2)26-15(3)12-23/h6-7,9-10,14-15,17H,4-5,8,11-12H2,1-3H3. The van der Waals surface area contributed by atoms with E-state index in [9.17, 15) is 4.79 Å². The third-order valence-electron chi connectivity index (χ3n) is 5.23. The molecule has 0 bridgehead atoms. The van der Waals surface area contributed by atoms with Gasteiger partial charge < -0.3 is 19.1 Å². The van der Waals surface area contributed by atoms with Gasteiger partial charge in [0.15, 0.2) is 5.76 Å². The summed E-state index contributed by atoms with van der Waals surface area (Å²) in [5.74, 6) is 1.64. The Bertz CT molecular complexity index is 794. The predicted molar refractivity (Wildman–Crippen MR) is 101 cm³/mol. The largest absolute Gasteiger partial charge is 0.372 e. The number of aryl methyl sites for hydroxylation is 1. The summed E-state index contributed by atoms with van der Waals surface area (Å²) in [6.45, 7) is 8.37. The first-order valence-electron chi connectivity index (χ1n) is 9.62. The normalized spacial score (nSPS) is 25.8. The average Bonchev–Trinajstić information content (AvgIpc) is 3.29. The minimum Gasteiger partial charge on any atom is -0.372 e. The number of carbonyl (C=O) groups is 1. The number of amides is 1. The summed E-state index contributed by atoms with van der Waals surface area (Å²) in [5.41, 5.74) is 1.44. The van der Waals surface area contributed by atoms with Crippen molar-refractivity contribution >= 4 is 11.7 Å². The molecular weight excluding hydrogens is 344 g/mol. The average molecular weight is 370 g/mol. The minimum absolute atomic E-state index is 0.00526. The maximum absolute atomic E-state index is 13.0. The first-order valence-corrected chi connectivity index (χ1v) is 9.62. The number of hydrogen-bond acceptors (Lipinski definition) is 6. The summed E-state index contributed by atoms with van der Waals surface area (Å²) in [4.78, 5) is 21.7. The SMILES string of the molecule is Cc1cc(C2CCCN2C(=O)c2ccc(N3CC(C)OC(C)C3)nc2)on1. The van der Waals surface area contributed by atoms with Gasteiger partial charge in [0, 0.05) is 31.9 Å². The predicted octanol–water partition coefficient (Wildman–Crippen LogP) is 2.97. The van der Waals surface area contributed by atoms with Crippen LogP contribution in [0.4, 0.5) is 5.82 Å². The van der Waals surface area contributed by atoms with Crippen molar-refractivity contribution in [2.24, 2.45) is 0 Å². The second-order valence-corrected chi connectivity index (χ2v) is 7.59. The molecule has 0 saturated carbocycles. The number of hydrogen-bond donors (Lipinski definition) is 0. The van der Waals surface area contributed by atoms with Gasteiger partial charge in [0.05, 0.1) is 29.5 Å². The molecule has 0 spiro atoms. The second kappa shape index (κ2) is 7.31. The number of nitrogens with zero attached hydrogens (tertiary/aromatic N) is 4. The summed E-state index contributed by atoms with van der Waals surface area (Å²) in [7, 11) is 0. The van der Waals surface area contributed by atoms with Gasteiger partial charge in [-0.05, 0) is 45.7 Å². The smallest absolute Gasteiger partial charge is 0.256 e. The quantitative estimate of drug-likeness (QED) is 0.827. The molecule has 4 rings (SSSR count). The maximum atomic E-state index is 13.0. The van der Waals surface area contributed by atoms with Crippen molar-refractivity contribution in [3.63, 3.8) is 0 Å². The Hall–Kier alpha value is -2.41. The molecule has 4 heterocycles. The van der Waals surface area contributed by atoms with Crippen LogP contribution in [-0.2, 0) is 4.74 Å². The van der Waals surface area contributed by atoms with E-state index in [0.29, 0.717) is 5.56 Å². The zero-order valence-electron chi connectivity index (χ0n) is 16.1. The topological polar surface area (TPSA) is 71.7 Å². The summed E-state index contributed by atoms with van der Waals surface area (Å²) >= 11 is 0. The van der Waals surface area contributed by atoms with Crippen molar-refractivity contribution in [1.29, 1.82) is 0 Å². The van der Waals surface area contributed by atoms with E-state index in [1.54, 1.807) is 6.20 Å². The minimum atomic E-state index is -0.0423. The molecule has 0 N–H and O–H groups in total. The number of anilines is 1. The van der Waals surface area contributed by atoms with Crippen molar-refractivity contribution < 1.29 is 14.1 Å². The molecule has 3 unspecified atom stereocenters. The van der Waals surface area contributed by atoms with E-state index in [-0.39, 0.29) is 24.2 Å². The first kappa shape index (κ1) is 18.0. The van der Waals surface area contributed by atoms with Gasteiger partial charge in [-0.3, -0.25) is 4.79 Å². The highest BCUT2D eigenvalue weighted by atomic mass is 16.5. The van der Waals surface area contributed by atoms with Crippen LogP contribution in [0.5, 0.6) is 0 Å². The van der Waals surface area contributed by atoms with Crippen LogP contribution in [0, 0.1) is 6.92 Å². The van der Waals surface area contributed by atoms with Crippen molar-refractivity contribution in [2.75, 3.05) is 24.5 Å². The van der Waals surface area contributed by atoms with Crippen molar-refractivity contribution in [2.45, 2.75) is 51.9 Å². The Morgan fingerprint density at radius 1 is 1.22 bits per heavy atom. The summed E-state index contributed by atoms with van der Waals surface area (Å²) in [6, 6.07) is 5.68. The molecule has 1 amide bonds. The first-order chi connectivity index (χ1) is 13.0. The number of pyridine rings is 1. The molecule has 3 atom stereocenters. The van der Waals surface area contributed by atoms with E-state index in [1.165, 1.54) is 0 Å². The van der Waals surface area contributed by atoms with E-state index in [2.05, 4.69) is 28.9 Å². The van der Waals surface area contributed by atoms with E-state index < -0.39 is 0 Å². The van der Waals surface area contributed by atoms with Crippen molar-refractivity contribution in [3.8, 4) is 0 Å². The molecule has 2 aliphatic rings. The molecule has 0 aliphatic carbocycles. The van der Waals surface area contributed by atoms with Gasteiger partial charge in [0.2, 0.25) is 0 Å². The molecule has 2 saturated heterocycles. The summed E-state index contributed by atoms with van der Waals surface area (Å²) in [6.07, 6.45) is 3.89. The van der Waals surface area contributed by atoms with Gasteiger partial charge in [-0.25, -0.2) is 4.98 Å². The molecule has 0 radical (unpaired) electrons. The van der Waals surface area contributed by atoms with Crippen LogP contribution >= 0.6 is 0 Å². The highest BCUT2D eigenvalue weighted by Crippen LogP contribution is 2.33. The van der Waals surface area contributed by atoms with Gasteiger partial charge in [-0.2, -0.15) is 0 Å². The van der Waals surface area contributed by atoms with E-state index >= 15 is 0 Å². The molecular formula is C20H26N4O3. The third-order valence-corrected chi connectivity index (χ3v) is 5.23. The van der Waals surface area contributed by atoms with Crippen LogP contribution in [0.15, 0.2) is 28.9 Å². The van der Waals surface area contributed by atoms with E-state index in [4.69, 9.17) is 9.26 Å². The fraction of sp³-hybridized carbons (Fsp3) is 0.550. The van der Waals surface area contributed by atoms with Gasteiger partial charge in [-0.1, -0.05) is 5.16 Å². The monoisotopic (exact) mass is 370 g/mol. The van der Waals surface area contributed by atoms with Crippen LogP contribution in [0.1, 0.15) is 54.5 Å². The molecule has 144 valence electrons. The Morgan fingerprint density at radius 2 is 2.00 bits per heavy atom. The Labute approximate surface area is 159 Å². The molecule has 2 aromatic heterocycles. The van der Waals surface area contributed by atoms with E-state index in [0.717, 1.165) is 49.7 Å². The number of likely N-dealkylation sites (tertiary alicyclic amines) is 1. The third kappa shape index (κ3) is 3.69. The van der Waals surface area contributed by atoms with Crippen LogP contribution in [-0.4, -0.2) is 52.8 Å². The highest BCUT2D eigenvalue weighted by Gasteiger charge is 2.33. The zero-order valence-corrected chi connectivity index (χ0v) is 16.1. The van der Waals surface area contributed by atoms with Gasteiger partial charge in [0.25, 0.3) is 5.91 Å². The molecule has 2 aliphatic heterocycles. The number of rotatable bonds is 3. The fourth-order valence-electron chi connectivity index (χ4n) is 4.08. The second-order valence-electron chi connectivity index (χ2n) is 7.59. The number of aromatic nitrogens is 2. The van der Waals surface area contributed by atoms with Gasteiger partial charge >= 0.3 is 0 Å². The Kier molecular flexibility index (Phi) is 4.86. The summed E-state index contributed by atoms with van der Waals surface area (Å²) < 4.78 is 11.2. The molecule has 2 aromatic rings. The molecule has 2 fully saturated rings. The molecule has 27 heavy (non-hydrogen) atoms. The molecule has 7 heteroatoms. The summed E-state index contributed by atoms with van der Waals surface area (Å²) in [5, 5.41) is 3.96. The lowest BCUT2D eigenvalue weighted by molar-refractivity contribution is -0.00546.